The lowest BCUT2D eigenvalue weighted by Gasteiger charge is -2.10. The summed E-state index contributed by atoms with van der Waals surface area (Å²) in [5.41, 5.74) is 1.16. The van der Waals surface area contributed by atoms with Crippen molar-refractivity contribution in [2.45, 2.75) is 38.9 Å². The minimum Gasteiger partial charge on any atom is -0.377 e. The molecule has 5 heteroatoms. The maximum atomic E-state index is 10.9. The van der Waals surface area contributed by atoms with E-state index in [1.54, 1.807) is 6.92 Å². The first-order valence-corrected chi connectivity index (χ1v) is 8.29. The van der Waals surface area contributed by atoms with Crippen molar-refractivity contribution in [3.8, 4) is 0 Å². The van der Waals surface area contributed by atoms with E-state index >= 15 is 0 Å². The van der Waals surface area contributed by atoms with Gasteiger partial charge in [-0.05, 0) is 31.7 Å². The topological polar surface area (TPSA) is 52.6 Å². The molecule has 0 N–H and O–H groups in total. The van der Waals surface area contributed by atoms with E-state index in [0.717, 1.165) is 31.1 Å². The Morgan fingerprint density at radius 3 is 2.47 bits per heavy atom. The van der Waals surface area contributed by atoms with Crippen molar-refractivity contribution in [1.29, 1.82) is 0 Å². The van der Waals surface area contributed by atoms with Crippen LogP contribution in [0.2, 0.25) is 0 Å². The van der Waals surface area contributed by atoms with Gasteiger partial charge in [-0.1, -0.05) is 30.3 Å². The van der Waals surface area contributed by atoms with Crippen LogP contribution in [0.15, 0.2) is 30.3 Å². The largest absolute Gasteiger partial charge is 0.377 e. The number of ether oxygens (including phenoxy) is 1. The number of hydrogen-bond donors (Lipinski definition) is 0. The number of rotatable bonds is 9. The second-order valence-electron chi connectivity index (χ2n) is 4.64. The van der Waals surface area contributed by atoms with Gasteiger partial charge in [0, 0.05) is 6.61 Å². The molecule has 0 aromatic heterocycles. The summed E-state index contributed by atoms with van der Waals surface area (Å²) in [6.45, 7) is 3.07. The predicted molar refractivity (Wildman–Crippen MR) is 75.3 cm³/mol. The van der Waals surface area contributed by atoms with Gasteiger partial charge in [0.25, 0.3) is 10.1 Å². The number of unbranched alkanes of at least 4 members (excludes halogenated alkanes) is 1. The number of benzene rings is 1. The average Bonchev–Trinajstić information content (AvgIpc) is 2.32. The summed E-state index contributed by atoms with van der Waals surface area (Å²) >= 11 is 0. The van der Waals surface area contributed by atoms with Gasteiger partial charge >= 0.3 is 0 Å². The van der Waals surface area contributed by atoms with E-state index in [0.29, 0.717) is 13.2 Å². The van der Waals surface area contributed by atoms with Crippen LogP contribution in [0.4, 0.5) is 0 Å². The lowest BCUT2D eigenvalue weighted by molar-refractivity contribution is 0.113. The normalized spacial score (nSPS) is 13.4. The van der Waals surface area contributed by atoms with E-state index in [1.807, 2.05) is 30.3 Å². The van der Waals surface area contributed by atoms with Crippen molar-refractivity contribution in [3.05, 3.63) is 35.9 Å². The van der Waals surface area contributed by atoms with Crippen LogP contribution in [0.3, 0.4) is 0 Å². The molecule has 0 saturated heterocycles. The molecule has 0 spiro atoms. The third-order valence-corrected chi connectivity index (χ3v) is 3.28. The maximum Gasteiger partial charge on any atom is 0.264 e. The Kier molecular flexibility index (Phi) is 7.05. The second-order valence-corrected chi connectivity index (χ2v) is 6.25. The van der Waals surface area contributed by atoms with Gasteiger partial charge in [-0.15, -0.1) is 0 Å². The lowest BCUT2D eigenvalue weighted by atomic mass is 10.2. The Morgan fingerprint density at radius 1 is 1.16 bits per heavy atom. The summed E-state index contributed by atoms with van der Waals surface area (Å²) in [5, 5.41) is 0. The van der Waals surface area contributed by atoms with Crippen LogP contribution < -0.4 is 0 Å². The molecule has 0 aliphatic heterocycles. The van der Waals surface area contributed by atoms with Crippen LogP contribution in [0.25, 0.3) is 0 Å². The first kappa shape index (κ1) is 16.1. The molecule has 0 saturated carbocycles. The van der Waals surface area contributed by atoms with E-state index in [2.05, 4.69) is 0 Å². The van der Waals surface area contributed by atoms with Crippen molar-refractivity contribution in [1.82, 2.24) is 0 Å². The molecule has 0 aliphatic carbocycles. The van der Waals surface area contributed by atoms with Crippen molar-refractivity contribution < 1.29 is 17.3 Å². The molecule has 0 bridgehead atoms. The Balaban J connectivity index is 2.02. The summed E-state index contributed by atoms with van der Waals surface area (Å²) in [7, 11) is -3.34. The quantitative estimate of drug-likeness (QED) is 0.517. The molecular formula is C14H22O4S. The van der Waals surface area contributed by atoms with Gasteiger partial charge < -0.3 is 4.74 Å². The van der Waals surface area contributed by atoms with Crippen LogP contribution in [0.1, 0.15) is 31.7 Å². The molecule has 4 nitrogen and oxygen atoms in total. The average molecular weight is 286 g/mol. The molecule has 19 heavy (non-hydrogen) atoms. The zero-order valence-electron chi connectivity index (χ0n) is 11.5. The molecule has 1 unspecified atom stereocenters. The van der Waals surface area contributed by atoms with Crippen molar-refractivity contribution in [2.75, 3.05) is 12.9 Å². The summed E-state index contributed by atoms with van der Waals surface area (Å²) in [6.07, 6.45) is 3.34. The van der Waals surface area contributed by atoms with Gasteiger partial charge in [0.15, 0.2) is 0 Å². The highest BCUT2D eigenvalue weighted by atomic mass is 32.2. The van der Waals surface area contributed by atoms with Gasteiger partial charge in [-0.25, -0.2) is 0 Å². The minimum absolute atomic E-state index is 0.260. The SMILES string of the molecule is CC(CCCCOCc1ccccc1)OS(C)(=O)=O. The monoisotopic (exact) mass is 286 g/mol. The maximum absolute atomic E-state index is 10.9. The molecule has 1 aromatic rings. The fraction of sp³-hybridized carbons (Fsp3) is 0.571. The van der Waals surface area contributed by atoms with E-state index in [-0.39, 0.29) is 6.10 Å². The molecule has 0 fully saturated rings. The molecular weight excluding hydrogens is 264 g/mol. The van der Waals surface area contributed by atoms with Crippen LogP contribution >= 0.6 is 0 Å². The van der Waals surface area contributed by atoms with Crippen molar-refractivity contribution >= 4 is 10.1 Å². The highest BCUT2D eigenvalue weighted by molar-refractivity contribution is 7.86. The third kappa shape index (κ3) is 8.75. The van der Waals surface area contributed by atoms with Gasteiger partial charge in [0.2, 0.25) is 0 Å². The Labute approximate surface area is 115 Å². The van der Waals surface area contributed by atoms with Crippen LogP contribution in [0, 0.1) is 0 Å². The summed E-state index contributed by atoms with van der Waals surface area (Å²) < 4.78 is 32.2. The lowest BCUT2D eigenvalue weighted by Crippen LogP contribution is -2.14. The third-order valence-electron chi connectivity index (χ3n) is 2.60. The smallest absolute Gasteiger partial charge is 0.264 e. The predicted octanol–water partition coefficient (Wildman–Crippen LogP) is 2.74. The molecule has 0 radical (unpaired) electrons. The first-order chi connectivity index (χ1) is 8.97. The van der Waals surface area contributed by atoms with E-state index in [4.69, 9.17) is 8.92 Å². The van der Waals surface area contributed by atoms with Gasteiger partial charge in [-0.2, -0.15) is 8.42 Å². The van der Waals surface area contributed by atoms with Crippen LogP contribution in [-0.2, 0) is 25.6 Å². The molecule has 0 heterocycles. The van der Waals surface area contributed by atoms with Gasteiger partial charge in [0.1, 0.15) is 0 Å². The minimum atomic E-state index is -3.34. The van der Waals surface area contributed by atoms with Crippen LogP contribution in [0.5, 0.6) is 0 Å². The molecule has 108 valence electrons. The Morgan fingerprint density at radius 2 is 1.84 bits per heavy atom. The van der Waals surface area contributed by atoms with Gasteiger partial charge in [0.05, 0.1) is 19.0 Å². The highest BCUT2D eigenvalue weighted by Gasteiger charge is 2.09. The fourth-order valence-electron chi connectivity index (χ4n) is 1.75. The molecule has 1 atom stereocenters. The summed E-state index contributed by atoms with van der Waals surface area (Å²) in [4.78, 5) is 0. The van der Waals surface area contributed by atoms with E-state index < -0.39 is 10.1 Å². The summed E-state index contributed by atoms with van der Waals surface area (Å²) in [6, 6.07) is 10.0. The Bertz CT molecular complexity index is 442. The number of hydrogen-bond acceptors (Lipinski definition) is 4. The summed E-state index contributed by atoms with van der Waals surface area (Å²) in [5.74, 6) is 0. The molecule has 1 aromatic carbocycles. The zero-order chi connectivity index (χ0) is 14.1. The molecule has 0 amide bonds. The second kappa shape index (κ2) is 8.30. The fourth-order valence-corrected chi connectivity index (χ4v) is 2.44. The van der Waals surface area contributed by atoms with Crippen molar-refractivity contribution in [3.63, 3.8) is 0 Å². The van der Waals surface area contributed by atoms with E-state index in [1.165, 1.54) is 0 Å². The highest BCUT2D eigenvalue weighted by Crippen LogP contribution is 2.08. The van der Waals surface area contributed by atoms with Crippen molar-refractivity contribution in [2.24, 2.45) is 0 Å². The van der Waals surface area contributed by atoms with Gasteiger partial charge in [-0.3, -0.25) is 4.18 Å². The first-order valence-electron chi connectivity index (χ1n) is 6.47. The Hall–Kier alpha value is -0.910. The van der Waals surface area contributed by atoms with E-state index in [9.17, 15) is 8.42 Å². The molecule has 1 rings (SSSR count). The zero-order valence-corrected chi connectivity index (χ0v) is 12.4. The van der Waals surface area contributed by atoms with Crippen LogP contribution in [-0.4, -0.2) is 27.4 Å². The molecule has 0 aliphatic rings. The standard InChI is InChI=1S/C14H22O4S/c1-13(18-19(2,15)16)8-6-7-11-17-12-14-9-4-3-5-10-14/h3-5,9-10,13H,6-8,11-12H2,1-2H3.